The molecule has 20 heavy (non-hydrogen) atoms. The Balaban J connectivity index is 2.29. The maximum absolute atomic E-state index is 11.7. The summed E-state index contributed by atoms with van der Waals surface area (Å²) < 4.78 is 24.4. The van der Waals surface area contributed by atoms with E-state index < -0.39 is 9.84 Å². The van der Waals surface area contributed by atoms with Gasteiger partial charge in [0.05, 0.1) is 5.75 Å². The van der Waals surface area contributed by atoms with E-state index in [1.54, 1.807) is 6.92 Å². The molecular formula is C15H18BrNO2S. The smallest absolute Gasteiger partial charge is 0.152 e. The predicted octanol–water partition coefficient (Wildman–Crippen LogP) is 3.84. The summed E-state index contributed by atoms with van der Waals surface area (Å²) in [5.41, 5.74) is 0.961. The largest absolute Gasteiger partial charge is 0.381 e. The summed E-state index contributed by atoms with van der Waals surface area (Å²) in [6, 6.07) is 11.9. The molecule has 0 aliphatic carbocycles. The topological polar surface area (TPSA) is 46.2 Å². The second-order valence-corrected chi connectivity index (χ2v) is 8.14. The van der Waals surface area contributed by atoms with Crippen molar-refractivity contribution in [2.45, 2.75) is 19.9 Å². The number of sulfone groups is 1. The molecule has 0 spiro atoms. The van der Waals surface area contributed by atoms with Crippen molar-refractivity contribution < 1.29 is 8.42 Å². The van der Waals surface area contributed by atoms with Gasteiger partial charge in [-0.1, -0.05) is 47.1 Å². The van der Waals surface area contributed by atoms with E-state index in [-0.39, 0.29) is 17.5 Å². The number of rotatable bonds is 5. The third-order valence-corrected chi connectivity index (χ3v) is 5.80. The van der Waals surface area contributed by atoms with E-state index in [9.17, 15) is 8.42 Å². The third-order valence-electron chi connectivity index (χ3n) is 3.22. The zero-order valence-electron chi connectivity index (χ0n) is 11.6. The van der Waals surface area contributed by atoms with Gasteiger partial charge in [0.1, 0.15) is 0 Å². The van der Waals surface area contributed by atoms with E-state index in [1.165, 1.54) is 0 Å². The minimum atomic E-state index is -2.97. The summed E-state index contributed by atoms with van der Waals surface area (Å²) in [5.74, 6) is 0.327. The van der Waals surface area contributed by atoms with Crippen LogP contribution in [0.15, 0.2) is 40.9 Å². The van der Waals surface area contributed by atoms with Gasteiger partial charge in [-0.05, 0) is 24.4 Å². The van der Waals surface area contributed by atoms with Crippen LogP contribution in [0, 0.1) is 0 Å². The van der Waals surface area contributed by atoms with Gasteiger partial charge in [-0.15, -0.1) is 0 Å². The number of nitrogens with one attached hydrogen (secondary N) is 1. The maximum atomic E-state index is 11.7. The summed E-state index contributed by atoms with van der Waals surface area (Å²) >= 11 is 3.53. The average molecular weight is 356 g/mol. The van der Waals surface area contributed by atoms with Gasteiger partial charge >= 0.3 is 0 Å². The molecule has 0 fully saturated rings. The highest BCUT2D eigenvalue weighted by Gasteiger charge is 2.14. The molecule has 1 N–H and O–H groups in total. The Bertz CT molecular complexity index is 713. The van der Waals surface area contributed by atoms with Gasteiger partial charge in [0.2, 0.25) is 0 Å². The van der Waals surface area contributed by atoms with Crippen molar-refractivity contribution in [3.63, 3.8) is 0 Å². The first-order chi connectivity index (χ1) is 9.43. The lowest BCUT2D eigenvalue weighted by Gasteiger charge is -2.17. The number of benzene rings is 2. The summed E-state index contributed by atoms with van der Waals surface area (Å²) in [7, 11) is -2.97. The molecular weight excluding hydrogens is 338 g/mol. The predicted molar refractivity (Wildman–Crippen MR) is 89.1 cm³/mol. The van der Waals surface area contributed by atoms with Crippen LogP contribution in [0.3, 0.4) is 0 Å². The van der Waals surface area contributed by atoms with Crippen molar-refractivity contribution in [3.8, 4) is 0 Å². The van der Waals surface area contributed by atoms with Crippen molar-refractivity contribution in [1.29, 1.82) is 0 Å². The molecule has 0 bridgehead atoms. The molecule has 1 unspecified atom stereocenters. The molecule has 108 valence electrons. The molecule has 0 saturated carbocycles. The molecule has 0 aliphatic rings. The first-order valence-corrected chi connectivity index (χ1v) is 9.18. The van der Waals surface area contributed by atoms with Crippen LogP contribution < -0.4 is 5.32 Å². The van der Waals surface area contributed by atoms with Crippen LogP contribution in [0.25, 0.3) is 10.8 Å². The fraction of sp³-hybridized carbons (Fsp3) is 0.333. The van der Waals surface area contributed by atoms with Gasteiger partial charge < -0.3 is 5.32 Å². The Hall–Kier alpha value is -1.07. The minimum Gasteiger partial charge on any atom is -0.381 e. The number of anilines is 1. The van der Waals surface area contributed by atoms with E-state index in [1.807, 2.05) is 43.3 Å². The summed E-state index contributed by atoms with van der Waals surface area (Å²) in [4.78, 5) is 0. The van der Waals surface area contributed by atoms with E-state index in [2.05, 4.69) is 21.2 Å². The molecule has 0 amide bonds. The molecule has 0 radical (unpaired) electrons. The first-order valence-electron chi connectivity index (χ1n) is 6.57. The van der Waals surface area contributed by atoms with Crippen molar-refractivity contribution in [2.75, 3.05) is 16.8 Å². The summed E-state index contributed by atoms with van der Waals surface area (Å²) in [5, 5.41) is 5.50. The van der Waals surface area contributed by atoms with Gasteiger partial charge in [0.25, 0.3) is 0 Å². The molecule has 3 nitrogen and oxygen atoms in total. The zero-order valence-corrected chi connectivity index (χ0v) is 14.0. The second kappa shape index (κ2) is 6.14. The van der Waals surface area contributed by atoms with Crippen LogP contribution in [-0.2, 0) is 9.84 Å². The summed E-state index contributed by atoms with van der Waals surface area (Å²) in [6.07, 6.45) is 0. The van der Waals surface area contributed by atoms with Crippen LogP contribution in [-0.4, -0.2) is 26.0 Å². The lowest BCUT2D eigenvalue weighted by atomic mass is 10.1. The van der Waals surface area contributed by atoms with Gasteiger partial charge in [-0.25, -0.2) is 8.42 Å². The SMILES string of the molecule is CCS(=O)(=O)CC(C)Nc1ccc(Br)c2ccccc12. The highest BCUT2D eigenvalue weighted by molar-refractivity contribution is 9.10. The van der Waals surface area contributed by atoms with Crippen molar-refractivity contribution >= 4 is 42.2 Å². The fourth-order valence-electron chi connectivity index (χ4n) is 2.19. The van der Waals surface area contributed by atoms with Crippen LogP contribution in [0.4, 0.5) is 5.69 Å². The highest BCUT2D eigenvalue weighted by atomic mass is 79.9. The molecule has 2 aromatic rings. The lowest BCUT2D eigenvalue weighted by molar-refractivity contribution is 0.593. The second-order valence-electron chi connectivity index (χ2n) is 4.88. The van der Waals surface area contributed by atoms with Crippen molar-refractivity contribution in [1.82, 2.24) is 0 Å². The number of hydrogen-bond acceptors (Lipinski definition) is 3. The molecule has 2 aromatic carbocycles. The van der Waals surface area contributed by atoms with Crippen LogP contribution >= 0.6 is 15.9 Å². The Morgan fingerprint density at radius 3 is 2.45 bits per heavy atom. The van der Waals surface area contributed by atoms with Crippen molar-refractivity contribution in [3.05, 3.63) is 40.9 Å². The van der Waals surface area contributed by atoms with Gasteiger partial charge in [0.15, 0.2) is 9.84 Å². The minimum absolute atomic E-state index is 0.121. The van der Waals surface area contributed by atoms with Gasteiger partial charge in [-0.2, -0.15) is 0 Å². The Kier molecular flexibility index (Phi) is 4.70. The molecule has 0 saturated heterocycles. The van der Waals surface area contributed by atoms with Gasteiger partial charge in [0, 0.05) is 27.3 Å². The van der Waals surface area contributed by atoms with E-state index >= 15 is 0 Å². The fourth-order valence-corrected chi connectivity index (χ4v) is 3.75. The first kappa shape index (κ1) is 15.3. The maximum Gasteiger partial charge on any atom is 0.152 e. The highest BCUT2D eigenvalue weighted by Crippen LogP contribution is 2.30. The van der Waals surface area contributed by atoms with E-state index in [0.29, 0.717) is 0 Å². The monoisotopic (exact) mass is 355 g/mol. The van der Waals surface area contributed by atoms with E-state index in [4.69, 9.17) is 0 Å². The van der Waals surface area contributed by atoms with Crippen LogP contribution in [0.2, 0.25) is 0 Å². The molecule has 0 aliphatic heterocycles. The number of halogens is 1. The molecule has 5 heteroatoms. The van der Waals surface area contributed by atoms with Crippen LogP contribution in [0.1, 0.15) is 13.8 Å². The lowest BCUT2D eigenvalue weighted by Crippen LogP contribution is -2.26. The quantitative estimate of drug-likeness (QED) is 0.886. The molecule has 2 rings (SSSR count). The molecule has 1 atom stereocenters. The summed E-state index contributed by atoms with van der Waals surface area (Å²) in [6.45, 7) is 3.57. The number of hydrogen-bond donors (Lipinski definition) is 1. The zero-order chi connectivity index (χ0) is 14.8. The third kappa shape index (κ3) is 3.52. The average Bonchev–Trinajstić information content (AvgIpc) is 2.42. The Morgan fingerprint density at radius 1 is 1.15 bits per heavy atom. The standard InChI is InChI=1S/C15H18BrNO2S/c1-3-20(18,19)10-11(2)17-15-9-8-14(16)12-6-4-5-7-13(12)15/h4-9,11,17H,3,10H2,1-2H3. The Labute approximate surface area is 128 Å². The number of fused-ring (bicyclic) bond motifs is 1. The Morgan fingerprint density at radius 2 is 1.80 bits per heavy atom. The van der Waals surface area contributed by atoms with E-state index in [0.717, 1.165) is 20.9 Å². The van der Waals surface area contributed by atoms with Crippen molar-refractivity contribution in [2.24, 2.45) is 0 Å². The van der Waals surface area contributed by atoms with Gasteiger partial charge in [-0.3, -0.25) is 0 Å². The molecule has 0 heterocycles. The normalized spacial score (nSPS) is 13.3. The molecule has 0 aromatic heterocycles. The van der Waals surface area contributed by atoms with Crippen LogP contribution in [0.5, 0.6) is 0 Å².